The molecule has 0 aromatic heterocycles. The van der Waals surface area contributed by atoms with Crippen LogP contribution in [0.2, 0.25) is 0 Å². The molecule has 0 atom stereocenters. The van der Waals surface area contributed by atoms with Crippen molar-refractivity contribution in [3.63, 3.8) is 0 Å². The van der Waals surface area contributed by atoms with E-state index in [-0.39, 0.29) is 5.66 Å². The van der Waals surface area contributed by atoms with Crippen molar-refractivity contribution in [1.29, 1.82) is 0 Å². The van der Waals surface area contributed by atoms with Crippen molar-refractivity contribution in [2.75, 3.05) is 11.4 Å². The smallest absolute Gasteiger partial charge is 0.220 e. The highest BCUT2D eigenvalue weighted by atomic mass is 15.4. The fourth-order valence-electron chi connectivity index (χ4n) is 4.18. The van der Waals surface area contributed by atoms with Gasteiger partial charge in [-0.3, -0.25) is 4.90 Å². The maximum Gasteiger partial charge on any atom is 0.220 e. The molecule has 1 aromatic rings. The van der Waals surface area contributed by atoms with Crippen LogP contribution < -0.4 is 21.7 Å². The molecule has 0 saturated heterocycles. The van der Waals surface area contributed by atoms with Gasteiger partial charge in [0.1, 0.15) is 5.66 Å². The third-order valence-electron chi connectivity index (χ3n) is 5.21. The van der Waals surface area contributed by atoms with Crippen LogP contribution in [0, 0.1) is 0 Å². The van der Waals surface area contributed by atoms with Crippen molar-refractivity contribution in [3.8, 4) is 0 Å². The largest absolute Gasteiger partial charge is 0.369 e. The Balaban J connectivity index is 1.84. The Morgan fingerprint density at radius 2 is 1.96 bits per heavy atom. The van der Waals surface area contributed by atoms with Crippen molar-refractivity contribution in [1.82, 2.24) is 5.32 Å². The zero-order chi connectivity index (χ0) is 15.9. The first-order valence-electron chi connectivity index (χ1n) is 8.51. The predicted molar refractivity (Wildman–Crippen MR) is 93.4 cm³/mol. The van der Waals surface area contributed by atoms with Gasteiger partial charge in [0.25, 0.3) is 0 Å². The van der Waals surface area contributed by atoms with Crippen LogP contribution in [-0.2, 0) is 13.0 Å². The summed E-state index contributed by atoms with van der Waals surface area (Å²) in [6.07, 6.45) is 6.53. The zero-order valence-corrected chi connectivity index (χ0v) is 13.4. The van der Waals surface area contributed by atoms with Gasteiger partial charge in [-0.1, -0.05) is 18.6 Å². The van der Waals surface area contributed by atoms with Crippen LogP contribution in [0.4, 0.5) is 5.69 Å². The molecule has 3 aliphatic rings. The Labute approximate surface area is 136 Å². The molecule has 0 radical (unpaired) electrons. The van der Waals surface area contributed by atoms with Crippen molar-refractivity contribution in [3.05, 3.63) is 29.3 Å². The van der Waals surface area contributed by atoms with Gasteiger partial charge in [0, 0.05) is 6.54 Å². The Bertz CT molecular complexity index is 672. The van der Waals surface area contributed by atoms with E-state index in [2.05, 4.69) is 33.4 Å². The highest BCUT2D eigenvalue weighted by Gasteiger charge is 2.43. The monoisotopic (exact) mass is 312 g/mol. The number of anilines is 1. The van der Waals surface area contributed by atoms with Crippen LogP contribution >= 0.6 is 0 Å². The molecule has 122 valence electrons. The first-order valence-corrected chi connectivity index (χ1v) is 8.51. The Morgan fingerprint density at radius 3 is 2.78 bits per heavy atom. The maximum absolute atomic E-state index is 6.33. The van der Waals surface area contributed by atoms with Gasteiger partial charge in [-0.05, 0) is 55.8 Å². The lowest BCUT2D eigenvalue weighted by molar-refractivity contribution is 0.305. The van der Waals surface area contributed by atoms with Gasteiger partial charge < -0.3 is 16.8 Å². The van der Waals surface area contributed by atoms with Crippen LogP contribution in [0.5, 0.6) is 0 Å². The lowest BCUT2D eigenvalue weighted by Gasteiger charge is -2.46. The summed E-state index contributed by atoms with van der Waals surface area (Å²) in [6, 6.07) is 6.47. The Morgan fingerprint density at radius 1 is 1.13 bits per heavy atom. The first kappa shape index (κ1) is 14.5. The lowest BCUT2D eigenvalue weighted by atomic mass is 9.86. The van der Waals surface area contributed by atoms with E-state index in [1.165, 1.54) is 17.5 Å². The molecule has 0 amide bonds. The quantitative estimate of drug-likeness (QED) is 0.731. The van der Waals surface area contributed by atoms with Gasteiger partial charge in [0.2, 0.25) is 11.9 Å². The SMILES string of the molecule is NC1=NC2(CCCCC2)N(c2cccc3c2CNCC3)C(N)=N1. The van der Waals surface area contributed by atoms with Gasteiger partial charge >= 0.3 is 0 Å². The number of benzene rings is 1. The molecule has 6 heteroatoms. The average molecular weight is 312 g/mol. The molecular formula is C17H24N6. The van der Waals surface area contributed by atoms with E-state index >= 15 is 0 Å². The van der Waals surface area contributed by atoms with E-state index in [1.807, 2.05) is 0 Å². The second-order valence-corrected chi connectivity index (χ2v) is 6.66. The number of fused-ring (bicyclic) bond motifs is 1. The minimum Gasteiger partial charge on any atom is -0.369 e. The van der Waals surface area contributed by atoms with E-state index < -0.39 is 0 Å². The molecule has 0 unspecified atom stereocenters. The van der Waals surface area contributed by atoms with E-state index in [4.69, 9.17) is 16.5 Å². The predicted octanol–water partition coefficient (Wildman–Crippen LogP) is 1.44. The van der Waals surface area contributed by atoms with Crippen LogP contribution in [0.25, 0.3) is 0 Å². The summed E-state index contributed by atoms with van der Waals surface area (Å²) >= 11 is 0. The molecule has 1 spiro atoms. The third kappa shape index (κ3) is 2.37. The molecule has 2 heterocycles. The fourth-order valence-corrected chi connectivity index (χ4v) is 4.18. The van der Waals surface area contributed by atoms with Gasteiger partial charge in [-0.15, -0.1) is 0 Å². The Hall–Kier alpha value is -2.08. The van der Waals surface area contributed by atoms with Crippen molar-refractivity contribution < 1.29 is 0 Å². The summed E-state index contributed by atoms with van der Waals surface area (Å²) in [7, 11) is 0. The second kappa shape index (κ2) is 5.53. The third-order valence-corrected chi connectivity index (χ3v) is 5.21. The molecule has 0 bridgehead atoms. The zero-order valence-electron chi connectivity index (χ0n) is 13.4. The van der Waals surface area contributed by atoms with E-state index in [9.17, 15) is 0 Å². The van der Waals surface area contributed by atoms with Gasteiger partial charge in [-0.25, -0.2) is 4.99 Å². The summed E-state index contributed by atoms with van der Waals surface area (Å²) in [6.45, 7) is 1.89. The lowest BCUT2D eigenvalue weighted by Crippen LogP contribution is -2.58. The average Bonchev–Trinajstić information content (AvgIpc) is 2.55. The van der Waals surface area contributed by atoms with Gasteiger partial charge in [0.05, 0.1) is 5.69 Å². The second-order valence-electron chi connectivity index (χ2n) is 6.66. The fraction of sp³-hybridized carbons (Fsp3) is 0.529. The number of nitrogens with one attached hydrogen (secondary N) is 1. The number of hydrogen-bond donors (Lipinski definition) is 3. The van der Waals surface area contributed by atoms with Crippen LogP contribution in [0.15, 0.2) is 28.2 Å². The summed E-state index contributed by atoms with van der Waals surface area (Å²) in [5.74, 6) is 0.780. The summed E-state index contributed by atoms with van der Waals surface area (Å²) in [5, 5.41) is 3.47. The van der Waals surface area contributed by atoms with Gasteiger partial charge in [0.15, 0.2) is 0 Å². The molecule has 23 heavy (non-hydrogen) atoms. The number of aliphatic imine (C=N–C) groups is 2. The van der Waals surface area contributed by atoms with Crippen molar-refractivity contribution in [2.24, 2.45) is 21.5 Å². The molecule has 6 nitrogen and oxygen atoms in total. The highest BCUT2D eigenvalue weighted by Crippen LogP contribution is 2.41. The van der Waals surface area contributed by atoms with Crippen molar-refractivity contribution in [2.45, 2.75) is 50.7 Å². The molecule has 1 fully saturated rings. The molecule has 5 N–H and O–H groups in total. The van der Waals surface area contributed by atoms with E-state index in [0.29, 0.717) is 11.9 Å². The number of nitrogens with two attached hydrogens (primary N) is 2. The molecule has 4 rings (SSSR count). The number of rotatable bonds is 1. The van der Waals surface area contributed by atoms with E-state index in [1.54, 1.807) is 0 Å². The molecule has 1 aliphatic carbocycles. The molecule has 2 aliphatic heterocycles. The molecule has 1 saturated carbocycles. The molecular weight excluding hydrogens is 288 g/mol. The standard InChI is InChI=1S/C17H24N6/c18-15-21-16(19)23(17(22-15)8-2-1-3-9-17)14-6-4-5-12-7-10-20-11-13(12)14/h4-6,20H,1-3,7-11H2,(H4,18,19,21,22). The minimum absolute atomic E-state index is 0.309. The normalized spacial score (nSPS) is 23.2. The van der Waals surface area contributed by atoms with E-state index in [0.717, 1.165) is 50.9 Å². The summed E-state index contributed by atoms with van der Waals surface area (Å²) in [5.41, 5.74) is 15.8. The number of hydrogen-bond acceptors (Lipinski definition) is 6. The molecule has 1 aromatic carbocycles. The maximum atomic E-state index is 6.33. The van der Waals surface area contributed by atoms with Crippen molar-refractivity contribution >= 4 is 17.6 Å². The number of nitrogens with zero attached hydrogens (tertiary/aromatic N) is 3. The number of guanidine groups is 2. The highest BCUT2D eigenvalue weighted by molar-refractivity contribution is 6.06. The topological polar surface area (TPSA) is 92.0 Å². The Kier molecular flexibility index (Phi) is 3.49. The minimum atomic E-state index is -0.360. The van der Waals surface area contributed by atoms with Crippen LogP contribution in [0.1, 0.15) is 43.2 Å². The van der Waals surface area contributed by atoms with Gasteiger partial charge in [-0.2, -0.15) is 4.99 Å². The van der Waals surface area contributed by atoms with Crippen LogP contribution in [-0.4, -0.2) is 24.1 Å². The summed E-state index contributed by atoms with van der Waals surface area (Å²) in [4.78, 5) is 11.2. The first-order chi connectivity index (χ1) is 11.2. The summed E-state index contributed by atoms with van der Waals surface area (Å²) < 4.78 is 0. The van der Waals surface area contributed by atoms with Crippen LogP contribution in [0.3, 0.4) is 0 Å².